The van der Waals surface area contributed by atoms with Crippen LogP contribution < -0.4 is 4.57 Å². The molecule has 0 unspecified atom stereocenters. The van der Waals surface area contributed by atoms with Gasteiger partial charge in [0.25, 0.3) is 0 Å². The molecule has 0 aliphatic heterocycles. The zero-order valence-electron chi connectivity index (χ0n) is 9.14. The van der Waals surface area contributed by atoms with Crippen molar-refractivity contribution >= 4 is 10.9 Å². The summed E-state index contributed by atoms with van der Waals surface area (Å²) in [5, 5.41) is 1.25. The Bertz CT molecular complexity index is 638. The van der Waals surface area contributed by atoms with Crippen molar-refractivity contribution in [2.24, 2.45) is 7.05 Å². The van der Waals surface area contributed by atoms with Gasteiger partial charge in [-0.05, 0) is 18.2 Å². The lowest BCUT2D eigenvalue weighted by Gasteiger charge is -2.01. The van der Waals surface area contributed by atoms with Crippen molar-refractivity contribution in [2.75, 3.05) is 0 Å². The largest absolute Gasteiger partial charge is 0.360 e. The van der Waals surface area contributed by atoms with E-state index in [2.05, 4.69) is 59.2 Å². The number of pyridine rings is 1. The Labute approximate surface area is 94.2 Å². The molecule has 0 aliphatic carbocycles. The number of nitrogens with one attached hydrogen (secondary N) is 1. The summed E-state index contributed by atoms with van der Waals surface area (Å²) < 4.78 is 2.13. The van der Waals surface area contributed by atoms with Crippen LogP contribution in [0.5, 0.6) is 0 Å². The van der Waals surface area contributed by atoms with Gasteiger partial charge in [0.2, 0.25) is 5.69 Å². The topological polar surface area (TPSA) is 19.7 Å². The van der Waals surface area contributed by atoms with Gasteiger partial charge < -0.3 is 4.98 Å². The van der Waals surface area contributed by atoms with Gasteiger partial charge in [0.15, 0.2) is 6.20 Å². The maximum atomic E-state index is 3.30. The average Bonchev–Trinajstić information content (AvgIpc) is 2.77. The van der Waals surface area contributed by atoms with Gasteiger partial charge in [0, 0.05) is 23.7 Å². The first-order valence-corrected chi connectivity index (χ1v) is 5.37. The van der Waals surface area contributed by atoms with E-state index in [0.29, 0.717) is 0 Å². The standard InChI is InChI=1S/C14H12N2/c1-16-10-3-2-7-13(16)12-6-4-5-11-8-9-15-14(11)12/h2-10H,1H3/p+1. The van der Waals surface area contributed by atoms with Gasteiger partial charge in [-0.25, -0.2) is 4.57 Å². The highest BCUT2D eigenvalue weighted by Crippen LogP contribution is 2.24. The number of para-hydroxylation sites is 1. The Hall–Kier alpha value is -2.09. The van der Waals surface area contributed by atoms with E-state index < -0.39 is 0 Å². The Kier molecular flexibility index (Phi) is 2.00. The lowest BCUT2D eigenvalue weighted by molar-refractivity contribution is -0.660. The van der Waals surface area contributed by atoms with Crippen LogP contribution >= 0.6 is 0 Å². The molecule has 2 heterocycles. The predicted octanol–water partition coefficient (Wildman–Crippen LogP) is 2.66. The number of H-pyrrole nitrogens is 1. The summed E-state index contributed by atoms with van der Waals surface area (Å²) in [4.78, 5) is 3.30. The second kappa shape index (κ2) is 3.49. The second-order valence-electron chi connectivity index (χ2n) is 3.94. The minimum absolute atomic E-state index is 1.20. The summed E-state index contributed by atoms with van der Waals surface area (Å²) in [7, 11) is 2.07. The number of nitrogens with zero attached hydrogens (tertiary/aromatic N) is 1. The number of rotatable bonds is 1. The predicted molar refractivity (Wildman–Crippen MR) is 64.9 cm³/mol. The van der Waals surface area contributed by atoms with Crippen molar-refractivity contribution in [2.45, 2.75) is 0 Å². The normalized spacial score (nSPS) is 10.8. The smallest absolute Gasteiger partial charge is 0.214 e. The van der Waals surface area contributed by atoms with E-state index in [4.69, 9.17) is 0 Å². The Morgan fingerprint density at radius 2 is 1.94 bits per heavy atom. The van der Waals surface area contributed by atoms with Crippen LogP contribution in [0.25, 0.3) is 22.2 Å². The molecule has 3 rings (SSSR count). The molecule has 0 amide bonds. The average molecular weight is 209 g/mol. The maximum Gasteiger partial charge on any atom is 0.214 e. The fourth-order valence-electron chi connectivity index (χ4n) is 2.10. The van der Waals surface area contributed by atoms with Gasteiger partial charge in [0.1, 0.15) is 7.05 Å². The molecule has 0 radical (unpaired) electrons. The molecular formula is C14H13N2+. The third kappa shape index (κ3) is 1.31. The first-order chi connectivity index (χ1) is 7.86. The van der Waals surface area contributed by atoms with Crippen LogP contribution in [0.2, 0.25) is 0 Å². The zero-order chi connectivity index (χ0) is 11.0. The van der Waals surface area contributed by atoms with Crippen molar-refractivity contribution in [3.05, 3.63) is 54.9 Å². The number of benzene rings is 1. The molecule has 2 nitrogen and oxygen atoms in total. The van der Waals surface area contributed by atoms with Gasteiger partial charge in [-0.3, -0.25) is 0 Å². The van der Waals surface area contributed by atoms with E-state index in [-0.39, 0.29) is 0 Å². The third-order valence-corrected chi connectivity index (χ3v) is 2.92. The Morgan fingerprint density at radius 1 is 1.00 bits per heavy atom. The van der Waals surface area contributed by atoms with Crippen LogP contribution in [0.3, 0.4) is 0 Å². The Morgan fingerprint density at radius 3 is 2.81 bits per heavy atom. The number of aromatic nitrogens is 2. The molecular weight excluding hydrogens is 196 g/mol. The van der Waals surface area contributed by atoms with Gasteiger partial charge in [0.05, 0.1) is 11.1 Å². The SMILES string of the molecule is C[n+]1ccccc1-c1cccc2cc[nH]c12. The quantitative estimate of drug-likeness (QED) is 0.594. The third-order valence-electron chi connectivity index (χ3n) is 2.92. The first-order valence-electron chi connectivity index (χ1n) is 5.37. The van der Waals surface area contributed by atoms with E-state index in [0.717, 1.165) is 0 Å². The van der Waals surface area contributed by atoms with Crippen LogP contribution in [-0.4, -0.2) is 4.98 Å². The van der Waals surface area contributed by atoms with Crippen LogP contribution in [0.4, 0.5) is 0 Å². The van der Waals surface area contributed by atoms with Crippen LogP contribution in [0.15, 0.2) is 54.9 Å². The van der Waals surface area contributed by atoms with Crippen LogP contribution in [0, 0.1) is 0 Å². The van der Waals surface area contributed by atoms with Crippen molar-refractivity contribution in [3.8, 4) is 11.3 Å². The van der Waals surface area contributed by atoms with Crippen molar-refractivity contribution in [3.63, 3.8) is 0 Å². The number of hydrogen-bond acceptors (Lipinski definition) is 0. The monoisotopic (exact) mass is 209 g/mol. The molecule has 0 saturated carbocycles. The van der Waals surface area contributed by atoms with Crippen LogP contribution in [0.1, 0.15) is 0 Å². The summed E-state index contributed by atoms with van der Waals surface area (Å²) >= 11 is 0. The Balaban J connectivity index is 2.34. The molecule has 1 N–H and O–H groups in total. The van der Waals surface area contributed by atoms with E-state index in [1.807, 2.05) is 12.3 Å². The molecule has 0 spiro atoms. The maximum absolute atomic E-state index is 3.30. The number of fused-ring (bicyclic) bond motifs is 1. The zero-order valence-corrected chi connectivity index (χ0v) is 9.14. The summed E-state index contributed by atoms with van der Waals surface area (Å²) in [6.07, 6.45) is 4.05. The molecule has 0 bridgehead atoms. The molecule has 78 valence electrons. The summed E-state index contributed by atoms with van der Waals surface area (Å²) in [6, 6.07) is 14.7. The second-order valence-corrected chi connectivity index (χ2v) is 3.94. The minimum Gasteiger partial charge on any atom is -0.360 e. The molecule has 0 fully saturated rings. The fourth-order valence-corrected chi connectivity index (χ4v) is 2.10. The number of aryl methyl sites for hydroxylation is 1. The fraction of sp³-hybridized carbons (Fsp3) is 0.0714. The van der Waals surface area contributed by atoms with Gasteiger partial charge in [-0.1, -0.05) is 12.1 Å². The van der Waals surface area contributed by atoms with E-state index >= 15 is 0 Å². The van der Waals surface area contributed by atoms with Crippen LogP contribution in [-0.2, 0) is 7.05 Å². The van der Waals surface area contributed by atoms with Crippen molar-refractivity contribution in [1.29, 1.82) is 0 Å². The van der Waals surface area contributed by atoms with Gasteiger partial charge >= 0.3 is 0 Å². The molecule has 1 aromatic carbocycles. The molecule has 0 atom stereocenters. The molecule has 0 saturated heterocycles. The highest BCUT2D eigenvalue weighted by atomic mass is 14.9. The lowest BCUT2D eigenvalue weighted by atomic mass is 10.1. The van der Waals surface area contributed by atoms with E-state index in [1.54, 1.807) is 0 Å². The molecule has 0 aliphatic rings. The lowest BCUT2D eigenvalue weighted by Crippen LogP contribution is -2.29. The van der Waals surface area contributed by atoms with Crippen molar-refractivity contribution < 1.29 is 4.57 Å². The number of aromatic amines is 1. The van der Waals surface area contributed by atoms with Gasteiger partial charge in [-0.15, -0.1) is 0 Å². The molecule has 2 aromatic heterocycles. The summed E-state index contributed by atoms with van der Waals surface area (Å²) in [5.41, 5.74) is 3.66. The van der Waals surface area contributed by atoms with Crippen molar-refractivity contribution in [1.82, 2.24) is 4.98 Å². The molecule has 2 heteroatoms. The highest BCUT2D eigenvalue weighted by Gasteiger charge is 2.11. The highest BCUT2D eigenvalue weighted by molar-refractivity contribution is 5.92. The first kappa shape index (κ1) is 9.16. The summed E-state index contributed by atoms with van der Waals surface area (Å²) in [6.45, 7) is 0. The van der Waals surface area contributed by atoms with Gasteiger partial charge in [-0.2, -0.15) is 0 Å². The van der Waals surface area contributed by atoms with E-state index in [1.165, 1.54) is 22.2 Å². The van der Waals surface area contributed by atoms with E-state index in [9.17, 15) is 0 Å². The minimum atomic E-state index is 1.20. The molecule has 3 aromatic rings. The number of hydrogen-bond donors (Lipinski definition) is 1. The molecule has 16 heavy (non-hydrogen) atoms. The summed E-state index contributed by atoms with van der Waals surface area (Å²) in [5.74, 6) is 0.